The van der Waals surface area contributed by atoms with Crippen molar-refractivity contribution in [3.63, 3.8) is 0 Å². The predicted octanol–water partition coefficient (Wildman–Crippen LogP) is 3.47. The zero-order valence-corrected chi connectivity index (χ0v) is 11.4. The zero-order chi connectivity index (χ0) is 12.5. The minimum absolute atomic E-state index is 1.10. The standard InChI is InChI=1S/C16H22N2/c1-13-7-6-8-14-11-15(17(2)16(13)14)12-18-9-4-3-5-10-18/h6-8,11H,3-5,9-10,12H2,1-2H3. The van der Waals surface area contributed by atoms with Crippen LogP contribution in [0.2, 0.25) is 0 Å². The summed E-state index contributed by atoms with van der Waals surface area (Å²) >= 11 is 0. The Morgan fingerprint density at radius 1 is 1.11 bits per heavy atom. The lowest BCUT2D eigenvalue weighted by Crippen LogP contribution is -2.29. The van der Waals surface area contributed by atoms with Gasteiger partial charge in [-0.1, -0.05) is 24.6 Å². The molecule has 0 radical (unpaired) electrons. The van der Waals surface area contributed by atoms with Crippen molar-refractivity contribution in [1.82, 2.24) is 9.47 Å². The number of piperidine rings is 1. The van der Waals surface area contributed by atoms with Gasteiger partial charge in [-0.05, 0) is 44.5 Å². The third-order valence-electron chi connectivity index (χ3n) is 4.19. The van der Waals surface area contributed by atoms with E-state index < -0.39 is 0 Å². The first-order valence-corrected chi connectivity index (χ1v) is 7.02. The average Bonchev–Trinajstić information content (AvgIpc) is 2.69. The van der Waals surface area contributed by atoms with Crippen molar-refractivity contribution in [2.75, 3.05) is 13.1 Å². The molecule has 0 N–H and O–H groups in total. The van der Waals surface area contributed by atoms with Gasteiger partial charge in [0.25, 0.3) is 0 Å². The lowest BCUT2D eigenvalue weighted by Gasteiger charge is -2.26. The lowest BCUT2D eigenvalue weighted by atomic mass is 10.1. The molecule has 1 aliphatic rings. The van der Waals surface area contributed by atoms with Crippen molar-refractivity contribution in [3.05, 3.63) is 35.5 Å². The van der Waals surface area contributed by atoms with E-state index in [4.69, 9.17) is 0 Å². The van der Waals surface area contributed by atoms with Crippen LogP contribution in [0, 0.1) is 6.92 Å². The van der Waals surface area contributed by atoms with Crippen LogP contribution in [0.3, 0.4) is 0 Å². The van der Waals surface area contributed by atoms with Gasteiger partial charge in [0, 0.05) is 24.7 Å². The first-order valence-electron chi connectivity index (χ1n) is 7.02. The second-order valence-electron chi connectivity index (χ2n) is 5.54. The molecule has 3 rings (SSSR count). The Morgan fingerprint density at radius 2 is 1.89 bits per heavy atom. The fourth-order valence-electron chi connectivity index (χ4n) is 3.17. The lowest BCUT2D eigenvalue weighted by molar-refractivity contribution is 0.217. The summed E-state index contributed by atoms with van der Waals surface area (Å²) in [6.45, 7) is 5.83. The fraction of sp³-hybridized carbons (Fsp3) is 0.500. The molecule has 0 saturated carbocycles. The van der Waals surface area contributed by atoms with Gasteiger partial charge >= 0.3 is 0 Å². The monoisotopic (exact) mass is 242 g/mol. The van der Waals surface area contributed by atoms with Gasteiger partial charge < -0.3 is 4.57 Å². The molecule has 2 nitrogen and oxygen atoms in total. The number of aromatic nitrogens is 1. The highest BCUT2D eigenvalue weighted by atomic mass is 15.1. The zero-order valence-electron chi connectivity index (χ0n) is 11.4. The molecule has 18 heavy (non-hydrogen) atoms. The number of hydrogen-bond donors (Lipinski definition) is 0. The molecular weight excluding hydrogens is 220 g/mol. The second-order valence-corrected chi connectivity index (χ2v) is 5.54. The SMILES string of the molecule is Cc1cccc2cc(CN3CCCCC3)n(C)c12. The summed E-state index contributed by atoms with van der Waals surface area (Å²) in [5, 5.41) is 1.38. The van der Waals surface area contributed by atoms with Gasteiger partial charge in [-0.15, -0.1) is 0 Å². The fourth-order valence-corrected chi connectivity index (χ4v) is 3.17. The van der Waals surface area contributed by atoms with Crippen molar-refractivity contribution in [1.29, 1.82) is 0 Å². The van der Waals surface area contributed by atoms with E-state index in [2.05, 4.69) is 47.7 Å². The predicted molar refractivity (Wildman–Crippen MR) is 76.8 cm³/mol. The van der Waals surface area contributed by atoms with Gasteiger partial charge in [0.2, 0.25) is 0 Å². The highest BCUT2D eigenvalue weighted by Crippen LogP contribution is 2.23. The molecule has 1 aliphatic heterocycles. The Balaban J connectivity index is 1.92. The van der Waals surface area contributed by atoms with Crippen LogP contribution in [0.25, 0.3) is 10.9 Å². The quantitative estimate of drug-likeness (QED) is 0.783. The smallest absolute Gasteiger partial charge is 0.0510 e. The van der Waals surface area contributed by atoms with E-state index >= 15 is 0 Å². The summed E-state index contributed by atoms with van der Waals surface area (Å²) in [7, 11) is 2.20. The van der Waals surface area contributed by atoms with Crippen molar-refractivity contribution >= 4 is 10.9 Å². The van der Waals surface area contributed by atoms with Crippen molar-refractivity contribution in [2.45, 2.75) is 32.7 Å². The number of aryl methyl sites for hydroxylation is 2. The maximum absolute atomic E-state index is 2.59. The van der Waals surface area contributed by atoms with Gasteiger partial charge in [0.1, 0.15) is 0 Å². The maximum atomic E-state index is 2.59. The molecule has 0 atom stereocenters. The number of benzene rings is 1. The summed E-state index contributed by atoms with van der Waals surface area (Å²) in [6.07, 6.45) is 4.14. The van der Waals surface area contributed by atoms with E-state index in [1.54, 1.807) is 0 Å². The summed E-state index contributed by atoms with van der Waals surface area (Å²) < 4.78 is 2.37. The van der Waals surface area contributed by atoms with Gasteiger partial charge in [-0.3, -0.25) is 4.90 Å². The highest BCUT2D eigenvalue weighted by Gasteiger charge is 2.14. The van der Waals surface area contributed by atoms with E-state index in [-0.39, 0.29) is 0 Å². The van der Waals surface area contributed by atoms with Crippen molar-refractivity contribution in [2.24, 2.45) is 7.05 Å². The van der Waals surface area contributed by atoms with Crippen LogP contribution < -0.4 is 0 Å². The van der Waals surface area contributed by atoms with Gasteiger partial charge in [0.15, 0.2) is 0 Å². The van der Waals surface area contributed by atoms with E-state index in [0.29, 0.717) is 0 Å². The molecule has 1 aromatic heterocycles. The van der Waals surface area contributed by atoms with Crippen LogP contribution in [0.4, 0.5) is 0 Å². The summed E-state index contributed by atoms with van der Waals surface area (Å²) in [6, 6.07) is 8.94. The third-order valence-corrected chi connectivity index (χ3v) is 4.19. The molecule has 2 aromatic rings. The number of likely N-dealkylation sites (tertiary alicyclic amines) is 1. The van der Waals surface area contributed by atoms with E-state index in [1.165, 1.54) is 54.5 Å². The Bertz CT molecular complexity index is 547. The summed E-state index contributed by atoms with van der Waals surface area (Å²) in [4.78, 5) is 2.59. The Labute approximate surface area is 109 Å². The topological polar surface area (TPSA) is 8.17 Å². The summed E-state index contributed by atoms with van der Waals surface area (Å²) in [5.74, 6) is 0. The van der Waals surface area contributed by atoms with Crippen LogP contribution in [0.1, 0.15) is 30.5 Å². The molecule has 1 aromatic carbocycles. The first kappa shape index (κ1) is 11.8. The molecule has 0 amide bonds. The van der Waals surface area contributed by atoms with Gasteiger partial charge in [0.05, 0.1) is 5.52 Å². The maximum Gasteiger partial charge on any atom is 0.0510 e. The van der Waals surface area contributed by atoms with Crippen LogP contribution >= 0.6 is 0 Å². The van der Waals surface area contributed by atoms with Gasteiger partial charge in [-0.25, -0.2) is 0 Å². The number of nitrogens with zero attached hydrogens (tertiary/aromatic N) is 2. The van der Waals surface area contributed by atoms with Crippen LogP contribution in [-0.4, -0.2) is 22.6 Å². The molecule has 1 fully saturated rings. The first-order chi connectivity index (χ1) is 8.75. The van der Waals surface area contributed by atoms with Crippen LogP contribution in [0.15, 0.2) is 24.3 Å². The highest BCUT2D eigenvalue weighted by molar-refractivity contribution is 5.84. The Hall–Kier alpha value is -1.28. The normalized spacial score (nSPS) is 17.4. The minimum Gasteiger partial charge on any atom is -0.346 e. The van der Waals surface area contributed by atoms with Crippen LogP contribution in [-0.2, 0) is 13.6 Å². The third kappa shape index (κ3) is 2.05. The Morgan fingerprint density at radius 3 is 2.61 bits per heavy atom. The molecule has 2 heterocycles. The van der Waals surface area contributed by atoms with E-state index in [9.17, 15) is 0 Å². The molecule has 96 valence electrons. The van der Waals surface area contributed by atoms with Crippen LogP contribution in [0.5, 0.6) is 0 Å². The molecular formula is C16H22N2. The Kier molecular flexibility index (Phi) is 3.13. The van der Waals surface area contributed by atoms with Gasteiger partial charge in [-0.2, -0.15) is 0 Å². The van der Waals surface area contributed by atoms with Crippen molar-refractivity contribution < 1.29 is 0 Å². The van der Waals surface area contributed by atoms with Crippen molar-refractivity contribution in [3.8, 4) is 0 Å². The number of para-hydroxylation sites is 1. The number of hydrogen-bond acceptors (Lipinski definition) is 1. The van der Waals surface area contributed by atoms with E-state index in [1.807, 2.05) is 0 Å². The minimum atomic E-state index is 1.10. The van der Waals surface area contributed by atoms with E-state index in [0.717, 1.165) is 6.54 Å². The molecule has 0 bridgehead atoms. The molecule has 2 heteroatoms. The molecule has 0 spiro atoms. The number of rotatable bonds is 2. The molecule has 1 saturated heterocycles. The largest absolute Gasteiger partial charge is 0.346 e. The molecule has 0 unspecified atom stereocenters. The molecule has 0 aliphatic carbocycles. The average molecular weight is 242 g/mol. The second kappa shape index (κ2) is 4.77. The summed E-state index contributed by atoms with van der Waals surface area (Å²) in [5.41, 5.74) is 4.21. The number of fused-ring (bicyclic) bond motifs is 1.